The second-order valence-corrected chi connectivity index (χ2v) is 7.65. The highest BCUT2D eigenvalue weighted by Gasteiger charge is 2.29. The van der Waals surface area contributed by atoms with Crippen molar-refractivity contribution in [3.63, 3.8) is 0 Å². The van der Waals surface area contributed by atoms with Crippen LogP contribution >= 0.6 is 0 Å². The van der Waals surface area contributed by atoms with E-state index >= 15 is 0 Å². The van der Waals surface area contributed by atoms with E-state index in [4.69, 9.17) is 28.0 Å². The van der Waals surface area contributed by atoms with E-state index in [0.29, 0.717) is 0 Å². The van der Waals surface area contributed by atoms with E-state index in [1.54, 1.807) is 24.3 Å². The van der Waals surface area contributed by atoms with E-state index in [2.05, 4.69) is 20.9 Å². The number of guanidine groups is 1. The summed E-state index contributed by atoms with van der Waals surface area (Å²) in [5.74, 6) is -4.67. The van der Waals surface area contributed by atoms with Crippen LogP contribution < -0.4 is 38.9 Å². The fraction of sp³-hybridized carbons (Fsp3) is 0.429. The van der Waals surface area contributed by atoms with Crippen LogP contribution in [-0.2, 0) is 30.4 Å². The van der Waals surface area contributed by atoms with Gasteiger partial charge in [-0.2, -0.15) is 0 Å². The average Bonchev–Trinajstić information content (AvgIpc) is 2.78. The lowest BCUT2D eigenvalue weighted by molar-refractivity contribution is -0.138. The molecule has 0 saturated heterocycles. The topological polar surface area (TPSA) is 258 Å². The number of carbonyl (C=O) groups excluding carboxylic acids is 4. The standard InChI is InChI=1S/C21H32N8O6/c22-13(9-12-5-2-1-3-6-12)18(33)29-15(10-16(23)30)20(35)28-14(7-4-8-26-21(24)25)19(34)27-11-17(31)32/h1-3,5-6,13-15H,4,7-11,22H2,(H2,23,30)(H,27,34)(H,28,35)(H,29,33)(H,31,32)(H4,24,25,26). The van der Waals surface area contributed by atoms with Gasteiger partial charge in [0.05, 0.1) is 12.5 Å². The minimum atomic E-state index is -1.41. The maximum absolute atomic E-state index is 12.9. The first-order chi connectivity index (χ1) is 16.5. The Kier molecular flexibility index (Phi) is 12.2. The number of carbonyl (C=O) groups is 5. The van der Waals surface area contributed by atoms with Crippen LogP contribution in [0.3, 0.4) is 0 Å². The summed E-state index contributed by atoms with van der Waals surface area (Å²) >= 11 is 0. The summed E-state index contributed by atoms with van der Waals surface area (Å²) < 4.78 is 0. The number of primary amides is 1. The highest BCUT2D eigenvalue weighted by molar-refractivity contribution is 5.95. The summed E-state index contributed by atoms with van der Waals surface area (Å²) in [5.41, 5.74) is 22.5. The van der Waals surface area contributed by atoms with Crippen molar-refractivity contribution >= 4 is 35.6 Å². The monoisotopic (exact) mass is 492 g/mol. The minimum absolute atomic E-state index is 0.0404. The summed E-state index contributed by atoms with van der Waals surface area (Å²) in [4.78, 5) is 63.9. The van der Waals surface area contributed by atoms with E-state index in [-0.39, 0.29) is 31.8 Å². The Morgan fingerprint density at radius 2 is 1.54 bits per heavy atom. The van der Waals surface area contributed by atoms with Crippen molar-refractivity contribution in [1.29, 1.82) is 0 Å². The Bertz CT molecular complexity index is 920. The van der Waals surface area contributed by atoms with Gasteiger partial charge in [-0.3, -0.25) is 29.0 Å². The van der Waals surface area contributed by atoms with Crippen LogP contribution in [0.4, 0.5) is 0 Å². The van der Waals surface area contributed by atoms with Crippen molar-refractivity contribution in [3.8, 4) is 0 Å². The number of benzene rings is 1. The number of rotatable bonds is 15. The van der Waals surface area contributed by atoms with Crippen LogP contribution in [0.15, 0.2) is 35.3 Å². The Labute approximate surface area is 201 Å². The van der Waals surface area contributed by atoms with E-state index in [1.807, 2.05) is 6.07 Å². The number of hydrogen-bond acceptors (Lipinski definition) is 7. The van der Waals surface area contributed by atoms with Crippen molar-refractivity contribution in [2.75, 3.05) is 13.1 Å². The van der Waals surface area contributed by atoms with Gasteiger partial charge in [0.1, 0.15) is 18.6 Å². The minimum Gasteiger partial charge on any atom is -0.480 e. The van der Waals surface area contributed by atoms with Gasteiger partial charge in [0.25, 0.3) is 0 Å². The molecule has 4 amide bonds. The molecule has 12 N–H and O–H groups in total. The molecule has 0 aliphatic rings. The van der Waals surface area contributed by atoms with Gasteiger partial charge in [0.15, 0.2) is 5.96 Å². The maximum Gasteiger partial charge on any atom is 0.322 e. The first kappa shape index (κ1) is 28.8. The highest BCUT2D eigenvalue weighted by Crippen LogP contribution is 2.04. The lowest BCUT2D eigenvalue weighted by Crippen LogP contribution is -2.57. The largest absolute Gasteiger partial charge is 0.480 e. The quantitative estimate of drug-likeness (QED) is 0.0690. The summed E-state index contributed by atoms with van der Waals surface area (Å²) in [6.07, 6.45) is -0.0629. The molecular weight excluding hydrogens is 460 g/mol. The second-order valence-electron chi connectivity index (χ2n) is 7.65. The molecule has 3 unspecified atom stereocenters. The fourth-order valence-corrected chi connectivity index (χ4v) is 2.98. The lowest BCUT2D eigenvalue weighted by Gasteiger charge is -2.23. The van der Waals surface area contributed by atoms with Crippen LogP contribution in [-0.4, -0.2) is 71.9 Å². The number of hydrogen-bond donors (Lipinski definition) is 8. The van der Waals surface area contributed by atoms with Crippen LogP contribution in [0.2, 0.25) is 0 Å². The predicted molar refractivity (Wildman–Crippen MR) is 126 cm³/mol. The second kappa shape index (κ2) is 14.8. The molecule has 0 radical (unpaired) electrons. The number of nitrogens with one attached hydrogen (secondary N) is 3. The number of amides is 4. The molecule has 0 aliphatic heterocycles. The molecule has 0 saturated carbocycles. The molecule has 0 fully saturated rings. The van der Waals surface area contributed by atoms with Gasteiger partial charge in [0, 0.05) is 6.54 Å². The van der Waals surface area contributed by atoms with E-state index in [0.717, 1.165) is 5.56 Å². The first-order valence-electron chi connectivity index (χ1n) is 10.7. The third kappa shape index (κ3) is 12.0. The van der Waals surface area contributed by atoms with Crippen molar-refractivity contribution in [3.05, 3.63) is 35.9 Å². The smallest absolute Gasteiger partial charge is 0.322 e. The summed E-state index contributed by atoms with van der Waals surface area (Å²) in [5, 5.41) is 15.8. The molecule has 0 spiro atoms. The first-order valence-corrected chi connectivity index (χ1v) is 10.7. The van der Waals surface area contributed by atoms with Crippen molar-refractivity contribution in [2.24, 2.45) is 27.9 Å². The van der Waals surface area contributed by atoms with Crippen LogP contribution in [0.25, 0.3) is 0 Å². The molecular formula is C21H32N8O6. The Morgan fingerprint density at radius 1 is 0.914 bits per heavy atom. The molecule has 0 aliphatic carbocycles. The van der Waals surface area contributed by atoms with Gasteiger partial charge >= 0.3 is 5.97 Å². The molecule has 14 nitrogen and oxygen atoms in total. The molecule has 0 heterocycles. The summed E-state index contributed by atoms with van der Waals surface area (Å²) in [7, 11) is 0. The summed E-state index contributed by atoms with van der Waals surface area (Å²) in [6.45, 7) is -0.522. The molecule has 1 aromatic rings. The van der Waals surface area contributed by atoms with E-state index in [1.165, 1.54) is 0 Å². The van der Waals surface area contributed by atoms with Gasteiger partial charge in [-0.15, -0.1) is 0 Å². The van der Waals surface area contributed by atoms with E-state index in [9.17, 15) is 24.0 Å². The summed E-state index contributed by atoms with van der Waals surface area (Å²) in [6, 6.07) is 5.32. The number of carboxylic acid groups (broad SMARTS) is 1. The Hall–Kier alpha value is -4.20. The van der Waals surface area contributed by atoms with Gasteiger partial charge < -0.3 is 44.0 Å². The number of aliphatic carboxylic acids is 1. The molecule has 192 valence electrons. The number of aliphatic imine (C=N–C) groups is 1. The van der Waals surface area contributed by atoms with Crippen molar-refractivity contribution in [1.82, 2.24) is 16.0 Å². The van der Waals surface area contributed by atoms with Gasteiger partial charge in [-0.1, -0.05) is 30.3 Å². The Balaban J connectivity index is 2.89. The number of nitrogens with two attached hydrogens (primary N) is 4. The molecule has 35 heavy (non-hydrogen) atoms. The zero-order valence-corrected chi connectivity index (χ0v) is 19.1. The predicted octanol–water partition coefficient (Wildman–Crippen LogP) is -3.34. The average molecular weight is 493 g/mol. The zero-order valence-electron chi connectivity index (χ0n) is 19.1. The SMILES string of the molecule is NC(=O)CC(NC(=O)C(N)Cc1ccccc1)C(=O)NC(CCCN=C(N)N)C(=O)NCC(=O)O. The van der Waals surface area contributed by atoms with Crippen LogP contribution in [0.5, 0.6) is 0 Å². The normalized spacial score (nSPS) is 12.9. The Morgan fingerprint density at radius 3 is 2.11 bits per heavy atom. The van der Waals surface area contributed by atoms with Gasteiger partial charge in [-0.25, -0.2) is 0 Å². The van der Waals surface area contributed by atoms with Crippen molar-refractivity contribution in [2.45, 2.75) is 43.8 Å². The number of carboxylic acids is 1. The van der Waals surface area contributed by atoms with Crippen LogP contribution in [0, 0.1) is 0 Å². The molecule has 3 atom stereocenters. The fourth-order valence-electron chi connectivity index (χ4n) is 2.98. The molecule has 1 aromatic carbocycles. The van der Waals surface area contributed by atoms with Crippen LogP contribution in [0.1, 0.15) is 24.8 Å². The van der Waals surface area contributed by atoms with E-state index < -0.39 is 60.7 Å². The molecule has 0 aromatic heterocycles. The highest BCUT2D eigenvalue weighted by atomic mass is 16.4. The van der Waals surface area contributed by atoms with Gasteiger partial charge in [-0.05, 0) is 24.8 Å². The number of nitrogens with zero attached hydrogens (tertiary/aromatic N) is 1. The third-order valence-corrected chi connectivity index (χ3v) is 4.67. The maximum atomic E-state index is 12.9. The molecule has 14 heteroatoms. The lowest BCUT2D eigenvalue weighted by atomic mass is 10.0. The van der Waals surface area contributed by atoms with Crippen molar-refractivity contribution < 1.29 is 29.1 Å². The third-order valence-electron chi connectivity index (χ3n) is 4.67. The van der Waals surface area contributed by atoms with Gasteiger partial charge in [0.2, 0.25) is 23.6 Å². The zero-order chi connectivity index (χ0) is 26.4. The molecule has 0 bridgehead atoms. The molecule has 1 rings (SSSR count).